The fraction of sp³-hybridized carbons (Fsp3) is 0.370. The van der Waals surface area contributed by atoms with E-state index in [1.807, 2.05) is 43.3 Å². The number of hydrogen-bond acceptors (Lipinski definition) is 3. The van der Waals surface area contributed by atoms with Gasteiger partial charge >= 0.3 is 5.97 Å². The van der Waals surface area contributed by atoms with Crippen LogP contribution in [0.2, 0.25) is 0 Å². The molecule has 0 N–H and O–H groups in total. The summed E-state index contributed by atoms with van der Waals surface area (Å²) >= 11 is 0. The van der Waals surface area contributed by atoms with Gasteiger partial charge in [0.15, 0.2) is 0 Å². The van der Waals surface area contributed by atoms with E-state index in [4.69, 9.17) is 9.47 Å². The Bertz CT molecular complexity index is 966. The van der Waals surface area contributed by atoms with Crippen molar-refractivity contribution in [2.45, 2.75) is 47.5 Å². The highest BCUT2D eigenvalue weighted by Crippen LogP contribution is 2.41. The molecule has 0 bridgehead atoms. The molecule has 1 unspecified atom stereocenters. The maximum absolute atomic E-state index is 12.4. The molecule has 1 aromatic carbocycles. The Labute approximate surface area is 180 Å². The molecule has 0 fully saturated rings. The van der Waals surface area contributed by atoms with Gasteiger partial charge in [-0.25, -0.2) is 4.79 Å². The molecule has 1 aromatic rings. The number of hydrogen-bond donors (Lipinski definition) is 0. The average Bonchev–Trinajstić information content (AvgIpc) is 2.99. The Balaban J connectivity index is 1.80. The van der Waals surface area contributed by atoms with Crippen LogP contribution in [-0.2, 0) is 9.53 Å². The number of ether oxygens (including phenoxy) is 2. The van der Waals surface area contributed by atoms with Gasteiger partial charge in [0.05, 0.1) is 12.7 Å². The molecule has 158 valence electrons. The zero-order chi connectivity index (χ0) is 21.9. The molecule has 30 heavy (non-hydrogen) atoms. The topological polar surface area (TPSA) is 35.5 Å². The lowest BCUT2D eigenvalue weighted by Crippen LogP contribution is -2.26. The van der Waals surface area contributed by atoms with E-state index in [9.17, 15) is 4.79 Å². The van der Waals surface area contributed by atoms with Crippen LogP contribution in [0.25, 0.3) is 5.57 Å². The molecule has 0 radical (unpaired) electrons. The lowest BCUT2D eigenvalue weighted by Gasteiger charge is -2.36. The zero-order valence-electron chi connectivity index (χ0n) is 18.9. The van der Waals surface area contributed by atoms with Crippen molar-refractivity contribution < 1.29 is 14.3 Å². The van der Waals surface area contributed by atoms with Gasteiger partial charge in [0.1, 0.15) is 11.5 Å². The van der Waals surface area contributed by atoms with Crippen molar-refractivity contribution in [2.75, 3.05) is 7.11 Å². The first-order valence-electron chi connectivity index (χ1n) is 10.5. The second-order valence-electron chi connectivity index (χ2n) is 8.87. The Morgan fingerprint density at radius 1 is 1.20 bits per heavy atom. The summed E-state index contributed by atoms with van der Waals surface area (Å²) < 4.78 is 10.7. The molecule has 1 heterocycles. The van der Waals surface area contributed by atoms with Gasteiger partial charge in [-0.3, -0.25) is 0 Å². The van der Waals surface area contributed by atoms with Crippen molar-refractivity contribution in [2.24, 2.45) is 11.3 Å². The Kier molecular flexibility index (Phi) is 6.50. The van der Waals surface area contributed by atoms with Crippen LogP contribution >= 0.6 is 0 Å². The molecule has 3 nitrogen and oxygen atoms in total. The van der Waals surface area contributed by atoms with E-state index in [1.165, 1.54) is 12.0 Å². The number of cyclic esters (lactones) is 1. The van der Waals surface area contributed by atoms with Crippen LogP contribution in [-0.4, -0.2) is 13.1 Å². The van der Waals surface area contributed by atoms with Crippen LogP contribution in [0.5, 0.6) is 5.75 Å². The number of methoxy groups -OCH3 is 1. The van der Waals surface area contributed by atoms with Crippen LogP contribution in [0.15, 0.2) is 77.1 Å². The minimum Gasteiger partial charge on any atom is -0.497 e. The molecule has 2 aliphatic rings. The summed E-state index contributed by atoms with van der Waals surface area (Å²) in [6.45, 7) is 10.9. The van der Waals surface area contributed by atoms with Gasteiger partial charge in [0, 0.05) is 11.5 Å². The molecular formula is C27H32O3. The number of rotatable bonds is 5. The van der Waals surface area contributed by atoms with Crippen molar-refractivity contribution in [3.05, 3.63) is 82.7 Å². The number of carbonyl (C=O) groups excluding carboxylic acids is 1. The molecular weight excluding hydrogens is 372 g/mol. The smallest absolute Gasteiger partial charge is 0.344 e. The zero-order valence-corrected chi connectivity index (χ0v) is 18.9. The van der Waals surface area contributed by atoms with Gasteiger partial charge < -0.3 is 9.47 Å². The Hall–Kier alpha value is -2.81. The number of allylic oxidation sites excluding steroid dienone is 8. The Morgan fingerprint density at radius 3 is 2.53 bits per heavy atom. The van der Waals surface area contributed by atoms with Crippen molar-refractivity contribution in [3.63, 3.8) is 0 Å². The van der Waals surface area contributed by atoms with Gasteiger partial charge in [0.25, 0.3) is 0 Å². The van der Waals surface area contributed by atoms with Crippen molar-refractivity contribution >= 4 is 11.5 Å². The van der Waals surface area contributed by atoms with Crippen LogP contribution < -0.4 is 4.74 Å². The first-order chi connectivity index (χ1) is 14.2. The van der Waals surface area contributed by atoms with Crippen LogP contribution in [0.4, 0.5) is 0 Å². The lowest BCUT2D eigenvalue weighted by molar-refractivity contribution is -0.131. The van der Waals surface area contributed by atoms with Gasteiger partial charge in [-0.1, -0.05) is 61.4 Å². The highest BCUT2D eigenvalue weighted by Gasteiger charge is 2.31. The third kappa shape index (κ3) is 4.67. The molecule has 0 amide bonds. The molecule has 0 saturated heterocycles. The molecule has 3 rings (SSSR count). The summed E-state index contributed by atoms with van der Waals surface area (Å²) in [5, 5.41) is 0. The van der Waals surface area contributed by atoms with Gasteiger partial charge in [-0.2, -0.15) is 0 Å². The van der Waals surface area contributed by atoms with E-state index < -0.39 is 0 Å². The summed E-state index contributed by atoms with van der Waals surface area (Å²) in [4.78, 5) is 12.4. The van der Waals surface area contributed by atoms with E-state index in [0.29, 0.717) is 17.3 Å². The normalized spacial score (nSPS) is 23.2. The van der Waals surface area contributed by atoms with Crippen molar-refractivity contribution in [1.29, 1.82) is 0 Å². The SMILES string of the molecule is COc1ccc(C2=C(C)/C(=C/C=C(C)/C=C/C3C(C)=CCCC3(C)C)OC2=O)cc1. The summed E-state index contributed by atoms with van der Waals surface area (Å²) in [6, 6.07) is 7.46. The van der Waals surface area contributed by atoms with Crippen molar-refractivity contribution in [3.8, 4) is 5.75 Å². The largest absolute Gasteiger partial charge is 0.497 e. The molecule has 0 aromatic heterocycles. The predicted octanol–water partition coefficient (Wildman–Crippen LogP) is 6.79. The fourth-order valence-corrected chi connectivity index (χ4v) is 4.25. The maximum atomic E-state index is 12.4. The first kappa shape index (κ1) is 21.9. The maximum Gasteiger partial charge on any atom is 0.344 e. The van der Waals surface area contributed by atoms with E-state index in [0.717, 1.165) is 28.9 Å². The number of carbonyl (C=O) groups is 1. The third-order valence-corrected chi connectivity index (χ3v) is 6.17. The van der Waals surface area contributed by atoms with Crippen molar-refractivity contribution in [1.82, 2.24) is 0 Å². The summed E-state index contributed by atoms with van der Waals surface area (Å²) in [5.74, 6) is 1.51. The Morgan fingerprint density at radius 2 is 1.90 bits per heavy atom. The van der Waals surface area contributed by atoms with E-state index >= 15 is 0 Å². The summed E-state index contributed by atoms with van der Waals surface area (Å²) in [5.41, 5.74) is 5.14. The number of benzene rings is 1. The first-order valence-corrected chi connectivity index (χ1v) is 10.5. The summed E-state index contributed by atoms with van der Waals surface area (Å²) in [6.07, 6.45) is 13.1. The molecule has 1 aliphatic heterocycles. The quantitative estimate of drug-likeness (QED) is 0.308. The molecule has 1 atom stereocenters. The average molecular weight is 405 g/mol. The third-order valence-electron chi connectivity index (χ3n) is 6.17. The monoisotopic (exact) mass is 404 g/mol. The van der Waals surface area contributed by atoms with Crippen LogP contribution in [0.1, 0.15) is 53.0 Å². The van der Waals surface area contributed by atoms with E-state index in [1.54, 1.807) is 7.11 Å². The van der Waals surface area contributed by atoms with E-state index in [-0.39, 0.29) is 11.4 Å². The lowest BCUT2D eigenvalue weighted by atomic mass is 9.68. The van der Waals surface area contributed by atoms with Gasteiger partial charge in [0.2, 0.25) is 0 Å². The highest BCUT2D eigenvalue weighted by molar-refractivity contribution is 6.21. The van der Waals surface area contributed by atoms with Crippen LogP contribution in [0, 0.1) is 11.3 Å². The fourth-order valence-electron chi connectivity index (χ4n) is 4.25. The standard InChI is InChI=1S/C27H32O3/c1-18(9-15-23-19(2)8-7-17-27(23,4)5)10-16-24-20(3)25(26(28)30-24)21-11-13-22(29-6)14-12-21/h8-16,23H,7,17H2,1-6H3/b15-9+,18-10+,24-16-. The predicted molar refractivity (Wildman–Crippen MR) is 123 cm³/mol. The second-order valence-corrected chi connectivity index (χ2v) is 8.87. The molecule has 0 saturated carbocycles. The molecule has 3 heteroatoms. The van der Waals surface area contributed by atoms with Gasteiger partial charge in [-0.05, 0) is 62.8 Å². The highest BCUT2D eigenvalue weighted by atomic mass is 16.5. The molecule has 1 aliphatic carbocycles. The van der Waals surface area contributed by atoms with Crippen LogP contribution in [0.3, 0.4) is 0 Å². The second kappa shape index (κ2) is 8.91. The number of esters is 1. The molecule has 0 spiro atoms. The minimum absolute atomic E-state index is 0.279. The van der Waals surface area contributed by atoms with E-state index in [2.05, 4.69) is 45.9 Å². The van der Waals surface area contributed by atoms with Gasteiger partial charge in [-0.15, -0.1) is 0 Å². The minimum atomic E-state index is -0.310. The summed E-state index contributed by atoms with van der Waals surface area (Å²) in [7, 11) is 1.63.